The average molecular weight is 305 g/mol. The van der Waals surface area contributed by atoms with Gasteiger partial charge in [-0.25, -0.2) is 4.68 Å². The van der Waals surface area contributed by atoms with E-state index < -0.39 is 0 Å². The predicted molar refractivity (Wildman–Crippen MR) is 92.2 cm³/mol. The fraction of sp³-hybridized carbons (Fsp3) is 0.158. The number of benzene rings is 2. The van der Waals surface area contributed by atoms with Crippen LogP contribution in [0.2, 0.25) is 0 Å². The standard InChI is InChI=1S/C19H19N3O/c1-13-9-10-17(14(2)11-13)20-19(23)18-12-15(3)21-22(18)16-7-5-4-6-8-16/h4-12H,1-3H3,(H,20,23). The van der Waals surface area contributed by atoms with E-state index in [1.807, 2.05) is 63.2 Å². The van der Waals surface area contributed by atoms with Gasteiger partial charge < -0.3 is 5.32 Å². The Balaban J connectivity index is 1.94. The molecule has 0 spiro atoms. The molecule has 3 aromatic rings. The molecule has 0 bridgehead atoms. The first kappa shape index (κ1) is 15.0. The minimum Gasteiger partial charge on any atom is -0.320 e. The maximum absolute atomic E-state index is 12.7. The molecule has 3 rings (SSSR count). The summed E-state index contributed by atoms with van der Waals surface area (Å²) in [5.41, 5.74) is 5.23. The minimum atomic E-state index is -0.165. The molecule has 0 saturated heterocycles. The Kier molecular flexibility index (Phi) is 3.98. The SMILES string of the molecule is Cc1ccc(NC(=O)c2cc(C)nn2-c2ccccc2)c(C)c1. The van der Waals surface area contributed by atoms with Crippen molar-refractivity contribution >= 4 is 11.6 Å². The Bertz CT molecular complexity index is 850. The molecule has 2 aromatic carbocycles. The first-order chi connectivity index (χ1) is 11.0. The van der Waals surface area contributed by atoms with Crippen LogP contribution in [0.15, 0.2) is 54.6 Å². The van der Waals surface area contributed by atoms with Crippen molar-refractivity contribution in [1.29, 1.82) is 0 Å². The quantitative estimate of drug-likeness (QED) is 0.793. The predicted octanol–water partition coefficient (Wildman–Crippen LogP) is 4.05. The second kappa shape index (κ2) is 6.08. The van der Waals surface area contributed by atoms with E-state index in [2.05, 4.69) is 16.5 Å². The Morgan fingerprint density at radius 2 is 1.74 bits per heavy atom. The van der Waals surface area contributed by atoms with Gasteiger partial charge in [-0.05, 0) is 50.6 Å². The molecule has 1 heterocycles. The van der Waals surface area contributed by atoms with Crippen molar-refractivity contribution in [2.24, 2.45) is 0 Å². The van der Waals surface area contributed by atoms with Crippen molar-refractivity contribution in [3.05, 3.63) is 77.1 Å². The number of para-hydroxylation sites is 1. The number of nitrogens with zero attached hydrogens (tertiary/aromatic N) is 2. The van der Waals surface area contributed by atoms with Crippen molar-refractivity contribution in [2.75, 3.05) is 5.32 Å². The molecule has 1 aromatic heterocycles. The highest BCUT2D eigenvalue weighted by Gasteiger charge is 2.16. The number of hydrogen-bond acceptors (Lipinski definition) is 2. The van der Waals surface area contributed by atoms with Gasteiger partial charge in [0.05, 0.1) is 11.4 Å². The van der Waals surface area contributed by atoms with Crippen LogP contribution in [0.25, 0.3) is 5.69 Å². The number of nitrogens with one attached hydrogen (secondary N) is 1. The molecule has 0 radical (unpaired) electrons. The molecule has 0 fully saturated rings. The third-order valence-corrected chi connectivity index (χ3v) is 3.70. The first-order valence-electron chi connectivity index (χ1n) is 7.55. The van der Waals surface area contributed by atoms with E-state index in [-0.39, 0.29) is 5.91 Å². The monoisotopic (exact) mass is 305 g/mol. The number of anilines is 1. The molecule has 1 amide bonds. The number of hydrogen-bond donors (Lipinski definition) is 1. The normalized spacial score (nSPS) is 10.6. The number of carbonyl (C=O) groups excluding carboxylic acids is 1. The molecular weight excluding hydrogens is 286 g/mol. The van der Waals surface area contributed by atoms with Gasteiger partial charge in [0.15, 0.2) is 0 Å². The average Bonchev–Trinajstić information content (AvgIpc) is 2.93. The third-order valence-electron chi connectivity index (χ3n) is 3.70. The molecule has 23 heavy (non-hydrogen) atoms. The smallest absolute Gasteiger partial charge is 0.274 e. The molecular formula is C19H19N3O. The van der Waals surface area contributed by atoms with Crippen LogP contribution in [0.5, 0.6) is 0 Å². The lowest BCUT2D eigenvalue weighted by Gasteiger charge is -2.10. The van der Waals surface area contributed by atoms with Gasteiger partial charge in [0.25, 0.3) is 5.91 Å². The van der Waals surface area contributed by atoms with E-state index in [0.29, 0.717) is 5.69 Å². The Hall–Kier alpha value is -2.88. The number of amides is 1. The molecule has 4 nitrogen and oxygen atoms in total. The Morgan fingerprint density at radius 3 is 2.43 bits per heavy atom. The van der Waals surface area contributed by atoms with Gasteiger partial charge in [-0.1, -0.05) is 35.9 Å². The minimum absolute atomic E-state index is 0.165. The van der Waals surface area contributed by atoms with E-state index >= 15 is 0 Å². The van der Waals surface area contributed by atoms with Crippen LogP contribution in [0, 0.1) is 20.8 Å². The van der Waals surface area contributed by atoms with E-state index in [1.54, 1.807) is 10.7 Å². The van der Waals surface area contributed by atoms with Gasteiger partial charge in [-0.3, -0.25) is 4.79 Å². The lowest BCUT2D eigenvalue weighted by atomic mass is 10.1. The summed E-state index contributed by atoms with van der Waals surface area (Å²) in [5.74, 6) is -0.165. The van der Waals surface area contributed by atoms with E-state index in [0.717, 1.165) is 22.6 Å². The zero-order valence-electron chi connectivity index (χ0n) is 13.5. The fourth-order valence-corrected chi connectivity index (χ4v) is 2.57. The first-order valence-corrected chi connectivity index (χ1v) is 7.55. The lowest BCUT2D eigenvalue weighted by molar-refractivity contribution is 0.101. The van der Waals surface area contributed by atoms with Gasteiger partial charge >= 0.3 is 0 Å². The molecule has 0 saturated carbocycles. The zero-order chi connectivity index (χ0) is 16.4. The molecule has 0 aliphatic carbocycles. The van der Waals surface area contributed by atoms with Gasteiger partial charge in [0.2, 0.25) is 0 Å². The van der Waals surface area contributed by atoms with Crippen molar-refractivity contribution in [1.82, 2.24) is 9.78 Å². The molecule has 1 N–H and O–H groups in total. The lowest BCUT2D eigenvalue weighted by Crippen LogP contribution is -2.17. The van der Waals surface area contributed by atoms with Crippen LogP contribution in [0.3, 0.4) is 0 Å². The summed E-state index contributed by atoms with van der Waals surface area (Å²) in [5, 5.41) is 7.41. The van der Waals surface area contributed by atoms with Gasteiger partial charge in [0.1, 0.15) is 5.69 Å². The van der Waals surface area contributed by atoms with Gasteiger partial charge in [-0.15, -0.1) is 0 Å². The second-order valence-corrected chi connectivity index (χ2v) is 5.69. The van der Waals surface area contributed by atoms with Gasteiger partial charge in [-0.2, -0.15) is 5.10 Å². The molecule has 0 unspecified atom stereocenters. The number of aryl methyl sites for hydroxylation is 3. The maximum Gasteiger partial charge on any atom is 0.274 e. The highest BCUT2D eigenvalue weighted by atomic mass is 16.2. The number of carbonyl (C=O) groups is 1. The topological polar surface area (TPSA) is 46.9 Å². The summed E-state index contributed by atoms with van der Waals surface area (Å²) in [4.78, 5) is 12.7. The summed E-state index contributed by atoms with van der Waals surface area (Å²) >= 11 is 0. The summed E-state index contributed by atoms with van der Waals surface area (Å²) in [6, 6.07) is 17.4. The van der Waals surface area contributed by atoms with Gasteiger partial charge in [0, 0.05) is 5.69 Å². The molecule has 0 aliphatic heterocycles. The van der Waals surface area contributed by atoms with Crippen LogP contribution in [-0.4, -0.2) is 15.7 Å². The highest BCUT2D eigenvalue weighted by Crippen LogP contribution is 2.19. The van der Waals surface area contributed by atoms with Crippen LogP contribution in [0.4, 0.5) is 5.69 Å². The van der Waals surface area contributed by atoms with Crippen LogP contribution in [-0.2, 0) is 0 Å². The molecule has 116 valence electrons. The van der Waals surface area contributed by atoms with E-state index in [1.165, 1.54) is 5.56 Å². The fourth-order valence-electron chi connectivity index (χ4n) is 2.57. The van der Waals surface area contributed by atoms with Crippen LogP contribution < -0.4 is 5.32 Å². The van der Waals surface area contributed by atoms with Crippen molar-refractivity contribution in [2.45, 2.75) is 20.8 Å². The second-order valence-electron chi connectivity index (χ2n) is 5.69. The number of rotatable bonds is 3. The Morgan fingerprint density at radius 1 is 1.00 bits per heavy atom. The van der Waals surface area contributed by atoms with Crippen LogP contribution in [0.1, 0.15) is 27.3 Å². The maximum atomic E-state index is 12.7. The molecule has 4 heteroatoms. The summed E-state index contributed by atoms with van der Waals surface area (Å²) in [7, 11) is 0. The molecule has 0 aliphatic rings. The van der Waals surface area contributed by atoms with Crippen molar-refractivity contribution < 1.29 is 4.79 Å². The summed E-state index contributed by atoms with van der Waals surface area (Å²) in [6.07, 6.45) is 0. The zero-order valence-corrected chi connectivity index (χ0v) is 13.5. The highest BCUT2D eigenvalue weighted by molar-refractivity contribution is 6.04. The third kappa shape index (κ3) is 3.16. The number of aromatic nitrogens is 2. The van der Waals surface area contributed by atoms with Crippen molar-refractivity contribution in [3.8, 4) is 5.69 Å². The van der Waals surface area contributed by atoms with Crippen LogP contribution >= 0.6 is 0 Å². The van der Waals surface area contributed by atoms with Crippen molar-refractivity contribution in [3.63, 3.8) is 0 Å². The summed E-state index contributed by atoms with van der Waals surface area (Å²) < 4.78 is 1.67. The van der Waals surface area contributed by atoms with E-state index in [4.69, 9.17) is 0 Å². The Labute approximate surface area is 135 Å². The summed E-state index contributed by atoms with van der Waals surface area (Å²) in [6.45, 7) is 5.90. The molecule has 0 atom stereocenters. The van der Waals surface area contributed by atoms with E-state index in [9.17, 15) is 4.79 Å². The largest absolute Gasteiger partial charge is 0.320 e.